The summed E-state index contributed by atoms with van der Waals surface area (Å²) in [5.74, 6) is -0.527. The average molecular weight is 366 g/mol. The Balaban J connectivity index is 1.73. The van der Waals surface area contributed by atoms with E-state index in [4.69, 9.17) is 5.73 Å². The number of nitrogens with one attached hydrogen (secondary N) is 1. The van der Waals surface area contributed by atoms with Gasteiger partial charge in [-0.3, -0.25) is 4.79 Å². The van der Waals surface area contributed by atoms with E-state index in [1.165, 1.54) is 12.5 Å². The van der Waals surface area contributed by atoms with Gasteiger partial charge in [-0.05, 0) is 38.7 Å². The first-order valence-corrected chi connectivity index (χ1v) is 8.98. The summed E-state index contributed by atoms with van der Waals surface area (Å²) < 4.78 is 1.72. The average Bonchev–Trinajstić information content (AvgIpc) is 3.09. The molecule has 0 radical (unpaired) electrons. The van der Waals surface area contributed by atoms with E-state index in [9.17, 15) is 9.90 Å². The summed E-state index contributed by atoms with van der Waals surface area (Å²) in [6.07, 6.45) is 11.4. The molecule has 1 amide bonds. The van der Waals surface area contributed by atoms with Crippen molar-refractivity contribution < 1.29 is 9.90 Å². The number of hydrogen-bond acceptors (Lipinski definition) is 6. The summed E-state index contributed by atoms with van der Waals surface area (Å²) >= 11 is 0. The van der Waals surface area contributed by atoms with Gasteiger partial charge in [-0.1, -0.05) is 0 Å². The molecule has 3 heterocycles. The van der Waals surface area contributed by atoms with Gasteiger partial charge in [0.25, 0.3) is 5.91 Å². The Morgan fingerprint density at radius 1 is 1.26 bits per heavy atom. The fourth-order valence-electron chi connectivity index (χ4n) is 3.59. The Kier molecular flexibility index (Phi) is 4.27. The highest BCUT2D eigenvalue weighted by atomic mass is 16.3. The summed E-state index contributed by atoms with van der Waals surface area (Å²) in [4.78, 5) is 20.1. The van der Waals surface area contributed by atoms with Crippen LogP contribution in [0.1, 0.15) is 43.0 Å². The minimum Gasteiger partial charge on any atom is -0.390 e. The minimum absolute atomic E-state index is 0.160. The van der Waals surface area contributed by atoms with Crippen molar-refractivity contribution >= 4 is 17.1 Å². The van der Waals surface area contributed by atoms with Gasteiger partial charge in [0.15, 0.2) is 0 Å². The minimum atomic E-state index is -0.617. The summed E-state index contributed by atoms with van der Waals surface area (Å²) in [5, 5.41) is 18.0. The number of hydrogen-bond donors (Lipinski definition) is 3. The number of carbonyl (C=O) groups is 1. The summed E-state index contributed by atoms with van der Waals surface area (Å²) in [6, 6.07) is 2.10. The molecule has 8 heteroatoms. The maximum Gasteiger partial charge on any atom is 0.252 e. The van der Waals surface area contributed by atoms with Gasteiger partial charge in [0, 0.05) is 35.8 Å². The van der Waals surface area contributed by atoms with E-state index in [1.807, 2.05) is 19.2 Å². The third kappa shape index (κ3) is 3.48. The van der Waals surface area contributed by atoms with E-state index in [-0.39, 0.29) is 6.04 Å². The molecule has 0 aromatic carbocycles. The lowest BCUT2D eigenvalue weighted by atomic mass is 9.83. The Labute approximate surface area is 156 Å². The zero-order valence-electron chi connectivity index (χ0n) is 15.1. The first-order valence-electron chi connectivity index (χ1n) is 8.98. The summed E-state index contributed by atoms with van der Waals surface area (Å²) in [5.41, 5.74) is 8.53. The largest absolute Gasteiger partial charge is 0.390 e. The molecule has 1 fully saturated rings. The standard InChI is InChI=1S/C19H22N6O2/c1-19(27)4-2-14(3-5-19)24-17-15(18(20)26)9-23-25-10-12(6-16(17)25)13-7-21-11-22-8-13/h6-11,14,24,27H,2-5H2,1H3,(H2,20,26)/t14-,19+. The number of aromatic nitrogens is 4. The molecule has 0 atom stereocenters. The van der Waals surface area contributed by atoms with E-state index in [0.717, 1.165) is 29.5 Å². The van der Waals surface area contributed by atoms with Crippen LogP contribution in [-0.2, 0) is 0 Å². The molecule has 4 N–H and O–H groups in total. The van der Waals surface area contributed by atoms with E-state index in [0.29, 0.717) is 24.1 Å². The van der Waals surface area contributed by atoms with Gasteiger partial charge in [0.1, 0.15) is 6.33 Å². The molecule has 0 unspecified atom stereocenters. The van der Waals surface area contributed by atoms with Crippen LogP contribution < -0.4 is 11.1 Å². The molecule has 0 aliphatic heterocycles. The molecule has 8 nitrogen and oxygen atoms in total. The second-order valence-corrected chi connectivity index (χ2v) is 7.40. The molecule has 0 saturated heterocycles. The zero-order chi connectivity index (χ0) is 19.0. The van der Waals surface area contributed by atoms with Crippen LogP contribution in [0.3, 0.4) is 0 Å². The van der Waals surface area contributed by atoms with Crippen LogP contribution in [0.4, 0.5) is 5.69 Å². The van der Waals surface area contributed by atoms with Gasteiger partial charge in [-0.15, -0.1) is 0 Å². The van der Waals surface area contributed by atoms with Crippen LogP contribution in [0.2, 0.25) is 0 Å². The van der Waals surface area contributed by atoms with Gasteiger partial charge >= 0.3 is 0 Å². The van der Waals surface area contributed by atoms with Crippen molar-refractivity contribution in [2.24, 2.45) is 5.73 Å². The molecule has 1 aliphatic rings. The second kappa shape index (κ2) is 6.62. The maximum atomic E-state index is 12.0. The molecule has 4 rings (SSSR count). The second-order valence-electron chi connectivity index (χ2n) is 7.40. The fraction of sp³-hybridized carbons (Fsp3) is 0.368. The first kappa shape index (κ1) is 17.4. The number of aliphatic hydroxyl groups is 1. The van der Waals surface area contributed by atoms with Crippen molar-refractivity contribution in [3.63, 3.8) is 0 Å². The molecule has 0 spiro atoms. The zero-order valence-corrected chi connectivity index (χ0v) is 15.1. The van der Waals surface area contributed by atoms with Crippen molar-refractivity contribution in [2.45, 2.75) is 44.2 Å². The van der Waals surface area contributed by atoms with Crippen molar-refractivity contribution in [1.29, 1.82) is 0 Å². The summed E-state index contributed by atoms with van der Waals surface area (Å²) in [7, 11) is 0. The third-order valence-electron chi connectivity index (χ3n) is 5.21. The molecule has 27 heavy (non-hydrogen) atoms. The van der Waals surface area contributed by atoms with Crippen LogP contribution in [0.5, 0.6) is 0 Å². The molecular weight excluding hydrogens is 344 g/mol. The molecule has 1 saturated carbocycles. The first-order chi connectivity index (χ1) is 12.9. The lowest BCUT2D eigenvalue weighted by Crippen LogP contribution is -2.36. The fourth-order valence-corrected chi connectivity index (χ4v) is 3.59. The van der Waals surface area contributed by atoms with Crippen molar-refractivity contribution in [1.82, 2.24) is 19.6 Å². The van der Waals surface area contributed by atoms with Crippen LogP contribution >= 0.6 is 0 Å². The van der Waals surface area contributed by atoms with Crippen LogP contribution in [0.25, 0.3) is 16.6 Å². The number of fused-ring (bicyclic) bond motifs is 1. The third-order valence-corrected chi connectivity index (χ3v) is 5.21. The number of rotatable bonds is 4. The molecular formula is C19H22N6O2. The van der Waals surface area contributed by atoms with E-state index in [2.05, 4.69) is 20.4 Å². The van der Waals surface area contributed by atoms with E-state index >= 15 is 0 Å². The predicted molar refractivity (Wildman–Crippen MR) is 101 cm³/mol. The van der Waals surface area contributed by atoms with Crippen molar-refractivity contribution in [2.75, 3.05) is 5.32 Å². The highest BCUT2D eigenvalue weighted by Crippen LogP contribution is 2.33. The highest BCUT2D eigenvalue weighted by molar-refractivity contribution is 6.02. The Morgan fingerprint density at radius 2 is 1.96 bits per heavy atom. The number of amides is 1. The lowest BCUT2D eigenvalue weighted by molar-refractivity contribution is 0.0196. The van der Waals surface area contributed by atoms with Gasteiger partial charge in [0.2, 0.25) is 0 Å². The normalized spacial score (nSPS) is 22.7. The lowest BCUT2D eigenvalue weighted by Gasteiger charge is -2.34. The highest BCUT2D eigenvalue weighted by Gasteiger charge is 2.29. The van der Waals surface area contributed by atoms with Crippen LogP contribution in [0.15, 0.2) is 37.2 Å². The number of nitrogens with zero attached hydrogens (tertiary/aromatic N) is 4. The maximum absolute atomic E-state index is 12.0. The van der Waals surface area contributed by atoms with E-state index < -0.39 is 11.5 Å². The molecule has 0 bridgehead atoms. The Bertz CT molecular complexity index is 973. The van der Waals surface area contributed by atoms with Crippen LogP contribution in [0, 0.1) is 0 Å². The Hall–Kier alpha value is -3.00. The SMILES string of the molecule is C[C@]1(O)CC[C@@H](Nc2c(C(N)=O)cnn3cc(-c4cncnc4)cc23)CC1. The summed E-state index contributed by atoms with van der Waals surface area (Å²) in [6.45, 7) is 1.87. The number of nitrogens with two attached hydrogens (primary N) is 1. The number of carbonyl (C=O) groups excluding carboxylic acids is 1. The smallest absolute Gasteiger partial charge is 0.252 e. The topological polar surface area (TPSA) is 118 Å². The monoisotopic (exact) mass is 366 g/mol. The number of anilines is 1. The van der Waals surface area contributed by atoms with Gasteiger partial charge < -0.3 is 16.2 Å². The predicted octanol–water partition coefficient (Wildman–Crippen LogP) is 2.00. The van der Waals surface area contributed by atoms with Gasteiger partial charge in [-0.2, -0.15) is 5.10 Å². The molecule has 140 valence electrons. The van der Waals surface area contributed by atoms with Crippen LogP contribution in [-0.4, -0.2) is 42.2 Å². The molecule has 3 aromatic rings. The quantitative estimate of drug-likeness (QED) is 0.650. The van der Waals surface area contributed by atoms with Crippen molar-refractivity contribution in [3.05, 3.63) is 42.7 Å². The number of primary amides is 1. The Morgan fingerprint density at radius 3 is 2.63 bits per heavy atom. The van der Waals surface area contributed by atoms with Gasteiger partial charge in [-0.25, -0.2) is 14.5 Å². The van der Waals surface area contributed by atoms with Gasteiger partial charge in [0.05, 0.1) is 28.6 Å². The molecule has 1 aliphatic carbocycles. The van der Waals surface area contributed by atoms with E-state index in [1.54, 1.807) is 16.9 Å². The molecule has 3 aromatic heterocycles. The van der Waals surface area contributed by atoms with Crippen molar-refractivity contribution in [3.8, 4) is 11.1 Å².